The monoisotopic (exact) mass is 332 g/mol. The summed E-state index contributed by atoms with van der Waals surface area (Å²) < 4.78 is 1.67. The van der Waals surface area contributed by atoms with Crippen molar-refractivity contribution < 1.29 is 4.79 Å². The van der Waals surface area contributed by atoms with Crippen molar-refractivity contribution in [3.05, 3.63) is 40.9 Å². The number of aromatic nitrogens is 3. The summed E-state index contributed by atoms with van der Waals surface area (Å²) in [7, 11) is 1.83. The zero-order chi connectivity index (χ0) is 16.6. The van der Waals surface area contributed by atoms with Crippen LogP contribution in [0.1, 0.15) is 43.1 Å². The molecule has 23 heavy (non-hydrogen) atoms. The topological polar surface area (TPSA) is 51.0 Å². The van der Waals surface area contributed by atoms with Gasteiger partial charge in [-0.25, -0.2) is 9.67 Å². The van der Waals surface area contributed by atoms with Gasteiger partial charge in [0.1, 0.15) is 5.82 Å². The zero-order valence-corrected chi connectivity index (χ0v) is 14.4. The Morgan fingerprint density at radius 1 is 1.43 bits per heavy atom. The Kier molecular flexibility index (Phi) is 4.39. The van der Waals surface area contributed by atoms with Crippen LogP contribution in [0, 0.1) is 5.92 Å². The van der Waals surface area contributed by atoms with Crippen molar-refractivity contribution in [3.63, 3.8) is 0 Å². The number of para-hydroxylation sites is 1. The maximum absolute atomic E-state index is 12.7. The first kappa shape index (κ1) is 16.0. The van der Waals surface area contributed by atoms with Gasteiger partial charge >= 0.3 is 0 Å². The standard InChI is InChI=1S/C17H21ClN4O/c1-4-15-19-16(17(23)21(3)11(2)12-9-10-12)20-22(15)14-8-6-5-7-13(14)18/h5-8,11-12H,4,9-10H2,1-3H3/t11-/m0/s1. The van der Waals surface area contributed by atoms with E-state index < -0.39 is 0 Å². The number of amides is 1. The fraction of sp³-hybridized carbons (Fsp3) is 0.471. The molecule has 0 bridgehead atoms. The van der Waals surface area contributed by atoms with Gasteiger partial charge in [-0.05, 0) is 37.8 Å². The van der Waals surface area contributed by atoms with Gasteiger partial charge in [0, 0.05) is 19.5 Å². The van der Waals surface area contributed by atoms with Crippen LogP contribution in [-0.4, -0.2) is 38.7 Å². The third-order valence-electron chi connectivity index (χ3n) is 4.50. The number of carbonyl (C=O) groups is 1. The van der Waals surface area contributed by atoms with E-state index in [2.05, 4.69) is 17.0 Å². The quantitative estimate of drug-likeness (QED) is 0.843. The van der Waals surface area contributed by atoms with Crippen molar-refractivity contribution in [1.29, 1.82) is 0 Å². The molecule has 0 saturated heterocycles. The Labute approximate surface area is 141 Å². The fourth-order valence-electron chi connectivity index (χ4n) is 2.72. The van der Waals surface area contributed by atoms with E-state index in [1.807, 2.05) is 32.2 Å². The van der Waals surface area contributed by atoms with Gasteiger partial charge < -0.3 is 4.90 Å². The van der Waals surface area contributed by atoms with E-state index >= 15 is 0 Å². The Morgan fingerprint density at radius 2 is 2.13 bits per heavy atom. The molecule has 0 N–H and O–H groups in total. The molecular weight excluding hydrogens is 312 g/mol. The molecule has 1 aromatic heterocycles. The van der Waals surface area contributed by atoms with Gasteiger partial charge in [0.15, 0.2) is 0 Å². The maximum atomic E-state index is 12.7. The van der Waals surface area contributed by atoms with E-state index in [0.29, 0.717) is 17.4 Å². The maximum Gasteiger partial charge on any atom is 0.293 e. The molecule has 1 saturated carbocycles. The molecule has 1 aromatic carbocycles. The van der Waals surface area contributed by atoms with Crippen molar-refractivity contribution in [2.45, 2.75) is 39.2 Å². The molecule has 122 valence electrons. The predicted octanol–water partition coefficient (Wildman–Crippen LogP) is 3.35. The number of hydrogen-bond donors (Lipinski definition) is 0. The highest BCUT2D eigenvalue weighted by Crippen LogP contribution is 2.35. The lowest BCUT2D eigenvalue weighted by molar-refractivity contribution is 0.0715. The molecular formula is C17H21ClN4O. The van der Waals surface area contributed by atoms with Gasteiger partial charge in [-0.15, -0.1) is 5.10 Å². The van der Waals surface area contributed by atoms with Crippen LogP contribution >= 0.6 is 11.6 Å². The summed E-state index contributed by atoms with van der Waals surface area (Å²) in [5.74, 6) is 1.44. The Morgan fingerprint density at radius 3 is 2.74 bits per heavy atom. The van der Waals surface area contributed by atoms with Crippen LogP contribution in [0.2, 0.25) is 5.02 Å². The Hall–Kier alpha value is -1.88. The van der Waals surface area contributed by atoms with Gasteiger partial charge in [-0.3, -0.25) is 4.79 Å². The molecule has 1 atom stereocenters. The average molecular weight is 333 g/mol. The van der Waals surface area contributed by atoms with E-state index in [9.17, 15) is 4.79 Å². The summed E-state index contributed by atoms with van der Waals surface area (Å²) in [5, 5.41) is 5.01. The number of nitrogens with zero attached hydrogens (tertiary/aromatic N) is 4. The summed E-state index contributed by atoms with van der Waals surface area (Å²) in [6.07, 6.45) is 3.06. The van der Waals surface area contributed by atoms with Crippen LogP contribution in [0.25, 0.3) is 5.69 Å². The van der Waals surface area contributed by atoms with Gasteiger partial charge in [0.05, 0.1) is 10.7 Å². The van der Waals surface area contributed by atoms with Gasteiger partial charge in [0.25, 0.3) is 5.91 Å². The Bertz CT molecular complexity index is 723. The molecule has 0 radical (unpaired) electrons. The van der Waals surface area contributed by atoms with E-state index in [-0.39, 0.29) is 17.8 Å². The van der Waals surface area contributed by atoms with Crippen LogP contribution < -0.4 is 0 Å². The first-order chi connectivity index (χ1) is 11.0. The molecule has 1 heterocycles. The lowest BCUT2D eigenvalue weighted by atomic mass is 10.2. The first-order valence-corrected chi connectivity index (χ1v) is 8.38. The Balaban J connectivity index is 1.92. The molecule has 2 aromatic rings. The molecule has 1 aliphatic rings. The van der Waals surface area contributed by atoms with Crippen molar-refractivity contribution in [2.24, 2.45) is 5.92 Å². The second kappa shape index (κ2) is 6.32. The normalized spacial score (nSPS) is 15.5. The highest BCUT2D eigenvalue weighted by molar-refractivity contribution is 6.32. The molecule has 6 heteroatoms. The minimum atomic E-state index is -0.134. The van der Waals surface area contributed by atoms with Crippen LogP contribution in [0.4, 0.5) is 0 Å². The smallest absolute Gasteiger partial charge is 0.293 e. The van der Waals surface area contributed by atoms with E-state index in [0.717, 1.165) is 11.5 Å². The average Bonchev–Trinajstić information content (AvgIpc) is 3.32. The highest BCUT2D eigenvalue weighted by atomic mass is 35.5. The third-order valence-corrected chi connectivity index (χ3v) is 4.82. The van der Waals surface area contributed by atoms with E-state index in [1.165, 1.54) is 12.8 Å². The minimum absolute atomic E-state index is 0.134. The van der Waals surface area contributed by atoms with Gasteiger partial charge in [-0.1, -0.05) is 30.7 Å². The second-order valence-corrected chi connectivity index (χ2v) is 6.47. The van der Waals surface area contributed by atoms with Crippen LogP contribution in [0.15, 0.2) is 24.3 Å². The minimum Gasteiger partial charge on any atom is -0.336 e. The van der Waals surface area contributed by atoms with Crippen molar-refractivity contribution in [3.8, 4) is 5.69 Å². The first-order valence-electron chi connectivity index (χ1n) is 8.01. The van der Waals surface area contributed by atoms with Crippen molar-refractivity contribution >= 4 is 17.5 Å². The zero-order valence-electron chi connectivity index (χ0n) is 13.7. The molecule has 0 aliphatic heterocycles. The number of benzene rings is 1. The summed E-state index contributed by atoms with van der Waals surface area (Å²) >= 11 is 6.26. The SMILES string of the molecule is CCc1nc(C(=O)N(C)[C@@H](C)C2CC2)nn1-c1ccccc1Cl. The molecule has 1 amide bonds. The number of carbonyl (C=O) groups excluding carboxylic acids is 1. The van der Waals surface area contributed by atoms with Gasteiger partial charge in [0.2, 0.25) is 5.82 Å². The molecule has 1 fully saturated rings. The highest BCUT2D eigenvalue weighted by Gasteiger charge is 2.34. The van der Waals surface area contributed by atoms with E-state index in [1.54, 1.807) is 15.6 Å². The fourth-order valence-corrected chi connectivity index (χ4v) is 2.93. The van der Waals surface area contributed by atoms with Crippen LogP contribution in [-0.2, 0) is 6.42 Å². The summed E-state index contributed by atoms with van der Waals surface area (Å²) in [5.41, 5.74) is 0.746. The predicted molar refractivity (Wildman–Crippen MR) is 90.0 cm³/mol. The summed E-state index contributed by atoms with van der Waals surface area (Å²) in [4.78, 5) is 18.9. The van der Waals surface area contributed by atoms with Gasteiger partial charge in [-0.2, -0.15) is 0 Å². The lowest BCUT2D eigenvalue weighted by Crippen LogP contribution is -2.37. The van der Waals surface area contributed by atoms with Crippen LogP contribution in [0.3, 0.4) is 0 Å². The molecule has 0 unspecified atom stereocenters. The third kappa shape index (κ3) is 3.11. The molecule has 1 aliphatic carbocycles. The van der Waals surface area contributed by atoms with Crippen molar-refractivity contribution in [1.82, 2.24) is 19.7 Å². The number of halogens is 1. The largest absolute Gasteiger partial charge is 0.336 e. The number of aryl methyl sites for hydroxylation is 1. The van der Waals surface area contributed by atoms with Crippen LogP contribution in [0.5, 0.6) is 0 Å². The molecule has 5 nitrogen and oxygen atoms in total. The summed E-state index contributed by atoms with van der Waals surface area (Å²) in [6.45, 7) is 4.07. The summed E-state index contributed by atoms with van der Waals surface area (Å²) in [6, 6.07) is 7.66. The molecule has 3 rings (SSSR count). The van der Waals surface area contributed by atoms with E-state index in [4.69, 9.17) is 11.6 Å². The number of hydrogen-bond acceptors (Lipinski definition) is 3. The molecule has 0 spiro atoms. The van der Waals surface area contributed by atoms with Crippen molar-refractivity contribution in [2.75, 3.05) is 7.05 Å². The second-order valence-electron chi connectivity index (χ2n) is 6.06. The lowest BCUT2D eigenvalue weighted by Gasteiger charge is -2.23. The number of rotatable bonds is 5.